The van der Waals surface area contributed by atoms with Gasteiger partial charge in [-0.15, -0.1) is 0 Å². The highest BCUT2D eigenvalue weighted by Gasteiger charge is 2.42. The first kappa shape index (κ1) is 60.8. The zero-order valence-corrected chi connectivity index (χ0v) is 44.1. The van der Waals surface area contributed by atoms with Gasteiger partial charge in [-0.2, -0.15) is 11.8 Å². The predicted octanol–water partition coefficient (Wildman–Crippen LogP) is 4.87. The molecule has 0 saturated carbocycles. The lowest BCUT2D eigenvalue weighted by Gasteiger charge is -2.19. The van der Waals surface area contributed by atoms with Crippen LogP contribution in [0.1, 0.15) is 88.1 Å². The van der Waals surface area contributed by atoms with Crippen LogP contribution in [0.2, 0.25) is 0 Å². The highest BCUT2D eigenvalue weighted by atomic mass is 32.2. The van der Waals surface area contributed by atoms with Crippen molar-refractivity contribution in [3.05, 3.63) is 59.7 Å². The van der Waals surface area contributed by atoms with E-state index in [0.717, 1.165) is 43.7 Å². The molecule has 2 saturated heterocycles. The minimum Gasteiger partial charge on any atom is -0.494 e. The zero-order valence-electron chi connectivity index (χ0n) is 43.3. The molecule has 4 rings (SSSR count). The summed E-state index contributed by atoms with van der Waals surface area (Å²) in [5, 5.41) is 18.2. The van der Waals surface area contributed by atoms with Gasteiger partial charge < -0.3 is 74.5 Å². The van der Waals surface area contributed by atoms with Gasteiger partial charge in [0.15, 0.2) is 5.78 Å². The molecule has 2 aliphatic heterocycles. The van der Waals surface area contributed by atoms with Crippen molar-refractivity contribution < 1.29 is 66.6 Å². The van der Waals surface area contributed by atoms with Crippen molar-refractivity contribution in [2.24, 2.45) is 0 Å². The van der Waals surface area contributed by atoms with Crippen LogP contribution in [-0.2, 0) is 47.5 Å². The Kier molecular flexibility index (Phi) is 30.9. The van der Waals surface area contributed by atoms with Gasteiger partial charge in [-0.3, -0.25) is 14.4 Å². The molecule has 2 heterocycles. The monoisotopic (exact) mass is 1050 g/mol. The van der Waals surface area contributed by atoms with Gasteiger partial charge in [0.1, 0.15) is 11.4 Å². The fourth-order valence-electron chi connectivity index (χ4n) is 7.37. The van der Waals surface area contributed by atoms with Crippen LogP contribution in [0.3, 0.4) is 0 Å². The van der Waals surface area contributed by atoms with E-state index in [1.165, 1.54) is 0 Å². The van der Waals surface area contributed by atoms with Crippen LogP contribution in [0.4, 0.5) is 15.3 Å². The van der Waals surface area contributed by atoms with Gasteiger partial charge in [0.25, 0.3) is 0 Å². The van der Waals surface area contributed by atoms with E-state index >= 15 is 0 Å². The number of hydrogen-bond acceptors (Lipinski definition) is 16. The number of hydrogen-bond donors (Lipinski definition) is 6. The molecule has 0 radical (unpaired) electrons. The minimum absolute atomic E-state index is 0.0246. The molecule has 0 spiro atoms. The lowest BCUT2D eigenvalue weighted by Crippen LogP contribution is -2.36. The molecule has 2 aromatic rings. The number of benzene rings is 2. The molecule has 21 heteroatoms. The summed E-state index contributed by atoms with van der Waals surface area (Å²) in [6, 6.07) is 14.8. The maximum atomic E-state index is 13.1. The molecule has 2 aromatic carbocycles. The van der Waals surface area contributed by atoms with Crippen molar-refractivity contribution in [1.82, 2.24) is 26.6 Å². The summed E-state index contributed by atoms with van der Waals surface area (Å²) in [6.45, 7) is 14.3. The Morgan fingerprint density at radius 3 is 1.71 bits per heavy atom. The van der Waals surface area contributed by atoms with Crippen molar-refractivity contribution in [2.75, 3.05) is 136 Å². The molecule has 20 nitrogen and oxygen atoms in total. The van der Waals surface area contributed by atoms with Crippen LogP contribution in [-0.4, -0.2) is 184 Å². The molecule has 5 amide bonds. The number of ether oxygens (including phenoxy) is 9. The van der Waals surface area contributed by atoms with E-state index in [-0.39, 0.29) is 42.1 Å². The van der Waals surface area contributed by atoms with Crippen molar-refractivity contribution in [3.63, 3.8) is 0 Å². The van der Waals surface area contributed by atoms with E-state index in [1.54, 1.807) is 24.3 Å². The Hall–Kier alpha value is -4.74. The molecule has 3 atom stereocenters. The maximum absolute atomic E-state index is 13.1. The van der Waals surface area contributed by atoms with Gasteiger partial charge in [0, 0.05) is 80.1 Å². The number of anilines is 1. The van der Waals surface area contributed by atoms with Crippen LogP contribution < -0.4 is 36.6 Å². The Morgan fingerprint density at radius 2 is 1.08 bits per heavy atom. The smallest absolute Gasteiger partial charge is 0.407 e. The first-order valence-corrected chi connectivity index (χ1v) is 26.9. The molecular weight excluding hydrogens is 965 g/mol. The number of amides is 5. The van der Waals surface area contributed by atoms with Gasteiger partial charge in [-0.25, -0.2) is 9.59 Å². The third-order valence-corrected chi connectivity index (χ3v) is 12.6. The van der Waals surface area contributed by atoms with E-state index in [4.69, 9.17) is 42.6 Å². The summed E-state index contributed by atoms with van der Waals surface area (Å²) in [4.78, 5) is 60.5. The highest BCUT2D eigenvalue weighted by Crippen LogP contribution is 2.33. The Bertz CT molecular complexity index is 1860. The summed E-state index contributed by atoms with van der Waals surface area (Å²) < 4.78 is 49.8. The van der Waals surface area contributed by atoms with Gasteiger partial charge in [0.05, 0.1) is 98.0 Å². The lowest BCUT2D eigenvalue weighted by atomic mass is 10.0. The topological polar surface area (TPSA) is 241 Å². The van der Waals surface area contributed by atoms with Gasteiger partial charge in [-0.05, 0) is 101 Å². The average Bonchev–Trinajstić information content (AvgIpc) is 3.93. The second kappa shape index (κ2) is 37.1. The van der Waals surface area contributed by atoms with Crippen molar-refractivity contribution in [1.29, 1.82) is 0 Å². The lowest BCUT2D eigenvalue weighted by molar-refractivity contribution is -0.122. The molecule has 0 aliphatic carbocycles. The summed E-state index contributed by atoms with van der Waals surface area (Å²) in [5.41, 5.74) is 1.56. The van der Waals surface area contributed by atoms with Crippen molar-refractivity contribution in [3.8, 4) is 5.75 Å². The van der Waals surface area contributed by atoms with E-state index < -0.39 is 11.7 Å². The van der Waals surface area contributed by atoms with Crippen molar-refractivity contribution in [2.45, 2.75) is 95.1 Å². The van der Waals surface area contributed by atoms with Crippen LogP contribution >= 0.6 is 11.8 Å². The van der Waals surface area contributed by atoms with Crippen LogP contribution in [0.25, 0.3) is 0 Å². The summed E-state index contributed by atoms with van der Waals surface area (Å²) >= 11 is 1.89. The molecule has 2 aliphatic rings. The zero-order chi connectivity index (χ0) is 52.2. The largest absolute Gasteiger partial charge is 0.494 e. The number of nitrogens with one attached hydrogen (secondary N) is 6. The Morgan fingerprint density at radius 1 is 0.562 bits per heavy atom. The molecular formula is C52H82N6O14S. The van der Waals surface area contributed by atoms with E-state index in [0.29, 0.717) is 160 Å². The van der Waals surface area contributed by atoms with Crippen LogP contribution in [0.15, 0.2) is 48.5 Å². The quantitative estimate of drug-likeness (QED) is 0.0295. The minimum atomic E-state index is -0.511. The van der Waals surface area contributed by atoms with E-state index in [2.05, 4.69) is 31.9 Å². The Balaban J connectivity index is 0.854. The van der Waals surface area contributed by atoms with Crippen LogP contribution in [0.5, 0.6) is 5.75 Å². The predicted molar refractivity (Wildman–Crippen MR) is 279 cm³/mol. The number of urea groups is 1. The van der Waals surface area contributed by atoms with Crippen molar-refractivity contribution >= 4 is 47.2 Å². The first-order chi connectivity index (χ1) is 35.5. The standard InChI is InChI=1S/C52H82N6O14S/c1-52(2,3)72-51(63)56-22-7-25-65-30-34-68-33-29-64-24-6-20-53-42-15-11-40(12-16-42)49(61)41-13-17-43(18-14-41)71-26-8-21-54-47(60)19-27-66-31-35-69-37-38-70-36-32-67-28-23-55-46(59)10-5-4-9-45-48-44(39-73-45)57-50(62)58-48/h11-18,44-45,48,53H,4-10,19-39H2,1-3H3,(H,54,60)(H,55,59)(H,56,63)(H2,57,58,62). The maximum Gasteiger partial charge on any atom is 0.407 e. The summed E-state index contributed by atoms with van der Waals surface area (Å²) in [7, 11) is 0. The molecule has 410 valence electrons. The fourth-order valence-corrected chi connectivity index (χ4v) is 8.91. The third kappa shape index (κ3) is 28.5. The number of fused-ring (bicyclic) bond motifs is 1. The number of carbonyl (C=O) groups is 5. The Labute approximate surface area is 435 Å². The van der Waals surface area contributed by atoms with Crippen LogP contribution in [0, 0.1) is 0 Å². The number of carbonyl (C=O) groups excluding carboxylic acids is 5. The molecule has 0 bridgehead atoms. The van der Waals surface area contributed by atoms with Gasteiger partial charge in [0.2, 0.25) is 11.8 Å². The molecule has 73 heavy (non-hydrogen) atoms. The van der Waals surface area contributed by atoms with E-state index in [1.807, 2.05) is 56.8 Å². The van der Waals surface area contributed by atoms with Gasteiger partial charge >= 0.3 is 12.1 Å². The normalized spacial score (nSPS) is 16.0. The second-order valence-electron chi connectivity index (χ2n) is 18.3. The third-order valence-electron chi connectivity index (χ3n) is 11.1. The van der Waals surface area contributed by atoms with Gasteiger partial charge in [-0.1, -0.05) is 6.42 Å². The fraction of sp³-hybridized carbons (Fsp3) is 0.673. The number of unbranched alkanes of at least 4 members (excludes halogenated alkanes) is 1. The number of alkyl carbamates (subject to hydrolysis) is 1. The number of ketones is 1. The highest BCUT2D eigenvalue weighted by molar-refractivity contribution is 8.00. The number of thioether (sulfide) groups is 1. The first-order valence-electron chi connectivity index (χ1n) is 25.8. The molecule has 0 aromatic heterocycles. The summed E-state index contributed by atoms with van der Waals surface area (Å²) in [5.74, 6) is 1.43. The molecule has 6 N–H and O–H groups in total. The molecule has 2 fully saturated rings. The van der Waals surface area contributed by atoms with E-state index in [9.17, 15) is 24.0 Å². The number of rotatable bonds is 42. The second-order valence-corrected chi connectivity index (χ2v) is 19.6. The molecule has 3 unspecified atom stereocenters. The average molecular weight is 1050 g/mol. The summed E-state index contributed by atoms with van der Waals surface area (Å²) in [6.07, 6.45) is 5.22. The SMILES string of the molecule is CC(C)(C)OC(=O)NCCCOCCOCCOCCCNc1ccc(C(=O)c2ccc(OCCCNC(=O)CCOCCOCCOCCOCCNC(=O)CCCCC3SCC4NC(=O)NC43)cc2)cc1.